The third-order valence-corrected chi connectivity index (χ3v) is 5.12. The molecule has 2 aromatic carbocycles. The minimum atomic E-state index is -0.0572. The maximum atomic E-state index is 9.69. The molecule has 1 atom stereocenters. The van der Waals surface area contributed by atoms with Crippen molar-refractivity contribution in [1.82, 2.24) is 10.3 Å². The van der Waals surface area contributed by atoms with Crippen LogP contribution in [-0.2, 0) is 13.0 Å². The highest BCUT2D eigenvalue weighted by atomic mass is 32.1. The summed E-state index contributed by atoms with van der Waals surface area (Å²) in [5, 5.41) is 14.1. The number of aliphatic hydroxyl groups is 1. The molecule has 1 heterocycles. The number of hydrogen-bond donors (Lipinski definition) is 2. The zero-order chi connectivity index (χ0) is 16.8. The van der Waals surface area contributed by atoms with Crippen molar-refractivity contribution in [3.8, 4) is 10.6 Å². The smallest absolute Gasteiger partial charge is 0.123 e. The van der Waals surface area contributed by atoms with Gasteiger partial charge in [-0.1, -0.05) is 61.5 Å². The molecule has 0 bridgehead atoms. The number of thiazole rings is 1. The largest absolute Gasteiger partial charge is 0.394 e. The number of nitrogens with one attached hydrogen (secondary N) is 1. The first-order chi connectivity index (χ1) is 11.8. The summed E-state index contributed by atoms with van der Waals surface area (Å²) in [4.78, 5) is 5.67. The Labute approximate surface area is 147 Å². The molecule has 0 aliphatic carbocycles. The van der Waals surface area contributed by atoms with E-state index in [1.807, 2.05) is 24.4 Å². The van der Waals surface area contributed by atoms with Gasteiger partial charge >= 0.3 is 0 Å². The van der Waals surface area contributed by atoms with Crippen LogP contribution in [0.4, 0.5) is 0 Å². The van der Waals surface area contributed by atoms with Gasteiger partial charge in [-0.05, 0) is 17.5 Å². The fraction of sp³-hybridized carbons (Fsp3) is 0.250. The predicted octanol–water partition coefficient (Wildman–Crippen LogP) is 4.20. The van der Waals surface area contributed by atoms with Gasteiger partial charge in [0.1, 0.15) is 5.01 Å². The number of benzene rings is 2. The monoisotopic (exact) mass is 338 g/mol. The first-order valence-electron chi connectivity index (χ1n) is 8.23. The van der Waals surface area contributed by atoms with Gasteiger partial charge in [0.2, 0.25) is 0 Å². The molecule has 2 N–H and O–H groups in total. The van der Waals surface area contributed by atoms with E-state index in [1.54, 1.807) is 11.3 Å². The summed E-state index contributed by atoms with van der Waals surface area (Å²) in [6.45, 7) is 2.92. The Morgan fingerprint density at radius 2 is 1.83 bits per heavy atom. The molecule has 0 aliphatic heterocycles. The number of rotatable bonds is 7. The van der Waals surface area contributed by atoms with Crippen molar-refractivity contribution in [3.05, 3.63) is 76.8 Å². The first-order valence-corrected chi connectivity index (χ1v) is 9.05. The van der Waals surface area contributed by atoms with Crippen LogP contribution < -0.4 is 5.32 Å². The average molecular weight is 338 g/mol. The molecule has 3 aromatic rings. The van der Waals surface area contributed by atoms with Crippen LogP contribution in [0.15, 0.2) is 60.8 Å². The normalized spacial score (nSPS) is 12.2. The van der Waals surface area contributed by atoms with E-state index in [-0.39, 0.29) is 12.6 Å². The number of aryl methyl sites for hydroxylation is 1. The van der Waals surface area contributed by atoms with Crippen molar-refractivity contribution in [2.45, 2.75) is 25.9 Å². The van der Waals surface area contributed by atoms with Gasteiger partial charge in [0.25, 0.3) is 0 Å². The van der Waals surface area contributed by atoms with Crippen molar-refractivity contribution in [1.29, 1.82) is 0 Å². The van der Waals surface area contributed by atoms with E-state index in [0.29, 0.717) is 6.54 Å². The Hall–Kier alpha value is -2.01. The topological polar surface area (TPSA) is 45.1 Å². The standard InChI is InChI=1S/C20H22N2OS/c1-2-15-8-10-16(11-9-15)19(14-23)21-12-18-13-22-20(24-18)17-6-4-3-5-7-17/h3-11,13,19,21,23H,2,12,14H2,1H3. The molecular weight excluding hydrogens is 316 g/mol. The Bertz CT molecular complexity index is 753. The molecule has 0 aliphatic rings. The lowest BCUT2D eigenvalue weighted by molar-refractivity contribution is 0.244. The van der Waals surface area contributed by atoms with Crippen LogP contribution in [-0.4, -0.2) is 16.7 Å². The van der Waals surface area contributed by atoms with Crippen molar-refractivity contribution < 1.29 is 5.11 Å². The van der Waals surface area contributed by atoms with Crippen LogP contribution in [0, 0.1) is 0 Å². The Balaban J connectivity index is 1.64. The lowest BCUT2D eigenvalue weighted by atomic mass is 10.0. The van der Waals surface area contributed by atoms with Crippen LogP contribution >= 0.6 is 11.3 Å². The van der Waals surface area contributed by atoms with Gasteiger partial charge in [-0.3, -0.25) is 0 Å². The van der Waals surface area contributed by atoms with Crippen LogP contribution in [0.2, 0.25) is 0 Å². The molecule has 0 radical (unpaired) electrons. The van der Waals surface area contributed by atoms with Crippen LogP contribution in [0.5, 0.6) is 0 Å². The highest BCUT2D eigenvalue weighted by Crippen LogP contribution is 2.25. The van der Waals surface area contributed by atoms with Crippen LogP contribution in [0.1, 0.15) is 29.0 Å². The van der Waals surface area contributed by atoms with E-state index in [4.69, 9.17) is 0 Å². The molecule has 3 nitrogen and oxygen atoms in total. The van der Waals surface area contributed by atoms with E-state index >= 15 is 0 Å². The average Bonchev–Trinajstić information content (AvgIpc) is 3.12. The van der Waals surface area contributed by atoms with E-state index in [9.17, 15) is 5.11 Å². The maximum Gasteiger partial charge on any atom is 0.123 e. The van der Waals surface area contributed by atoms with Crippen molar-refractivity contribution in [2.24, 2.45) is 0 Å². The molecule has 0 fully saturated rings. The summed E-state index contributed by atoms with van der Waals surface area (Å²) >= 11 is 1.68. The fourth-order valence-corrected chi connectivity index (χ4v) is 3.47. The van der Waals surface area contributed by atoms with Gasteiger partial charge in [-0.2, -0.15) is 0 Å². The van der Waals surface area contributed by atoms with Gasteiger partial charge in [-0.25, -0.2) is 4.98 Å². The van der Waals surface area contributed by atoms with Gasteiger partial charge in [0, 0.05) is 23.2 Å². The SMILES string of the molecule is CCc1ccc(C(CO)NCc2cnc(-c3ccccc3)s2)cc1. The van der Waals surface area contributed by atoms with Gasteiger partial charge in [0.15, 0.2) is 0 Å². The number of aromatic nitrogens is 1. The number of nitrogens with zero attached hydrogens (tertiary/aromatic N) is 1. The summed E-state index contributed by atoms with van der Waals surface area (Å²) in [5.74, 6) is 0. The molecule has 1 unspecified atom stereocenters. The third-order valence-electron chi connectivity index (χ3n) is 4.07. The second-order valence-corrected chi connectivity index (χ2v) is 6.82. The van der Waals surface area contributed by atoms with E-state index in [0.717, 1.165) is 27.4 Å². The lowest BCUT2D eigenvalue weighted by Crippen LogP contribution is -2.23. The maximum absolute atomic E-state index is 9.69. The summed E-state index contributed by atoms with van der Waals surface area (Å²) in [6, 6.07) is 18.6. The van der Waals surface area contributed by atoms with Gasteiger partial charge in [0.05, 0.1) is 12.6 Å². The summed E-state index contributed by atoms with van der Waals surface area (Å²) in [7, 11) is 0. The molecule has 0 amide bonds. The summed E-state index contributed by atoms with van der Waals surface area (Å²) in [5.41, 5.74) is 3.57. The molecule has 4 heteroatoms. The molecule has 24 heavy (non-hydrogen) atoms. The van der Waals surface area contributed by atoms with Gasteiger partial charge in [-0.15, -0.1) is 11.3 Å². The van der Waals surface area contributed by atoms with E-state index < -0.39 is 0 Å². The minimum Gasteiger partial charge on any atom is -0.394 e. The lowest BCUT2D eigenvalue weighted by Gasteiger charge is -2.16. The van der Waals surface area contributed by atoms with Crippen molar-refractivity contribution >= 4 is 11.3 Å². The summed E-state index contributed by atoms with van der Waals surface area (Å²) < 4.78 is 0. The Morgan fingerprint density at radius 3 is 2.50 bits per heavy atom. The second-order valence-electron chi connectivity index (χ2n) is 5.71. The molecule has 0 spiro atoms. The van der Waals surface area contributed by atoms with E-state index in [1.165, 1.54) is 5.56 Å². The molecule has 1 aromatic heterocycles. The fourth-order valence-electron chi connectivity index (χ4n) is 2.60. The van der Waals surface area contributed by atoms with Crippen LogP contribution in [0.3, 0.4) is 0 Å². The number of hydrogen-bond acceptors (Lipinski definition) is 4. The molecule has 124 valence electrons. The Kier molecular flexibility index (Phi) is 5.75. The molecule has 0 saturated carbocycles. The zero-order valence-corrected chi connectivity index (χ0v) is 14.6. The first kappa shape index (κ1) is 16.8. The second kappa shape index (κ2) is 8.20. The predicted molar refractivity (Wildman–Crippen MR) is 100 cm³/mol. The third kappa shape index (κ3) is 4.09. The van der Waals surface area contributed by atoms with Gasteiger partial charge < -0.3 is 10.4 Å². The minimum absolute atomic E-state index is 0.0572. The van der Waals surface area contributed by atoms with Crippen molar-refractivity contribution in [3.63, 3.8) is 0 Å². The molecular formula is C20H22N2OS. The van der Waals surface area contributed by atoms with Crippen molar-refractivity contribution in [2.75, 3.05) is 6.61 Å². The quantitative estimate of drug-likeness (QED) is 0.679. The van der Waals surface area contributed by atoms with Crippen LogP contribution in [0.25, 0.3) is 10.6 Å². The zero-order valence-electron chi connectivity index (χ0n) is 13.8. The highest BCUT2D eigenvalue weighted by molar-refractivity contribution is 7.15. The molecule has 0 saturated heterocycles. The molecule has 3 rings (SSSR count). The summed E-state index contributed by atoms with van der Waals surface area (Å²) in [6.07, 6.45) is 2.94. The Morgan fingerprint density at radius 1 is 1.08 bits per heavy atom. The van der Waals surface area contributed by atoms with E-state index in [2.05, 4.69) is 53.6 Å². The number of aliphatic hydroxyl groups excluding tert-OH is 1. The highest BCUT2D eigenvalue weighted by Gasteiger charge is 2.11.